The van der Waals surface area contributed by atoms with E-state index in [1.807, 2.05) is 12.1 Å². The number of pyridine rings is 1. The quantitative estimate of drug-likeness (QED) is 0.494. The van der Waals surface area contributed by atoms with Crippen LogP contribution in [-0.4, -0.2) is 61.0 Å². The summed E-state index contributed by atoms with van der Waals surface area (Å²) in [5.41, 5.74) is 3.79. The number of anilines is 2. The molecule has 7 nitrogen and oxygen atoms in total. The molecule has 2 atom stereocenters. The van der Waals surface area contributed by atoms with Crippen molar-refractivity contribution in [2.45, 2.75) is 25.7 Å². The monoisotopic (exact) mass is 466 g/mol. The maximum absolute atomic E-state index is 9.50. The highest BCUT2D eigenvalue weighted by Crippen LogP contribution is 2.31. The molecule has 0 bridgehead atoms. The highest BCUT2D eigenvalue weighted by molar-refractivity contribution is 5.95. The molecule has 7 heteroatoms. The standard InChI is InChI=1S/C28H30N6O/c1-20-15-34(27-7-5-21(14-29)28-26(27)3-2-8-31-28)19-25(35-20)18-32-16-22-4-6-24(13-23(22)17-32)33-11-9-30-10-12-33/h2-8,13,16-17,20,25,30H,9-12,15,18-19H2,1H3/t20-,25+/m1/s1. The van der Waals surface area contributed by atoms with E-state index in [-0.39, 0.29) is 12.2 Å². The molecule has 2 aliphatic rings. The van der Waals surface area contributed by atoms with Crippen molar-refractivity contribution in [3.63, 3.8) is 0 Å². The summed E-state index contributed by atoms with van der Waals surface area (Å²) >= 11 is 0. The van der Waals surface area contributed by atoms with Gasteiger partial charge in [-0.3, -0.25) is 4.98 Å². The van der Waals surface area contributed by atoms with E-state index in [1.54, 1.807) is 6.20 Å². The minimum atomic E-state index is 0.0653. The fourth-order valence-electron chi connectivity index (χ4n) is 5.51. The summed E-state index contributed by atoms with van der Waals surface area (Å²) in [6.45, 7) is 8.72. The van der Waals surface area contributed by atoms with Gasteiger partial charge in [0, 0.05) is 80.0 Å². The van der Waals surface area contributed by atoms with Crippen molar-refractivity contribution in [2.75, 3.05) is 49.1 Å². The van der Waals surface area contributed by atoms with Gasteiger partial charge in [-0.05, 0) is 48.7 Å². The molecule has 4 aromatic rings. The van der Waals surface area contributed by atoms with E-state index < -0.39 is 0 Å². The molecule has 0 radical (unpaired) electrons. The lowest BCUT2D eigenvalue weighted by atomic mass is 10.1. The Kier molecular flexibility index (Phi) is 5.77. The van der Waals surface area contributed by atoms with Crippen LogP contribution >= 0.6 is 0 Å². The summed E-state index contributed by atoms with van der Waals surface area (Å²) in [5.74, 6) is 0. The summed E-state index contributed by atoms with van der Waals surface area (Å²) in [7, 11) is 0. The van der Waals surface area contributed by atoms with Gasteiger partial charge in [0.15, 0.2) is 0 Å². The molecule has 1 N–H and O–H groups in total. The minimum absolute atomic E-state index is 0.0653. The zero-order valence-corrected chi connectivity index (χ0v) is 20.0. The molecule has 2 aliphatic heterocycles. The van der Waals surface area contributed by atoms with Crippen LogP contribution < -0.4 is 15.1 Å². The molecule has 0 aliphatic carbocycles. The lowest BCUT2D eigenvalue weighted by Gasteiger charge is -2.39. The first-order chi connectivity index (χ1) is 17.2. The van der Waals surface area contributed by atoms with Crippen LogP contribution in [0.25, 0.3) is 21.7 Å². The van der Waals surface area contributed by atoms with Gasteiger partial charge >= 0.3 is 0 Å². The smallest absolute Gasteiger partial charge is 0.101 e. The predicted octanol–water partition coefficient (Wildman–Crippen LogP) is 3.76. The van der Waals surface area contributed by atoms with Gasteiger partial charge in [0.2, 0.25) is 0 Å². The van der Waals surface area contributed by atoms with Crippen LogP contribution in [0, 0.1) is 11.3 Å². The lowest BCUT2D eigenvalue weighted by molar-refractivity contribution is -0.0238. The van der Waals surface area contributed by atoms with Crippen LogP contribution in [0.5, 0.6) is 0 Å². The summed E-state index contributed by atoms with van der Waals surface area (Å²) in [6, 6.07) is 17.0. The van der Waals surface area contributed by atoms with Gasteiger partial charge in [-0.15, -0.1) is 0 Å². The summed E-state index contributed by atoms with van der Waals surface area (Å²) in [4.78, 5) is 9.32. The molecular formula is C28H30N6O. The van der Waals surface area contributed by atoms with Crippen LogP contribution in [0.4, 0.5) is 11.4 Å². The van der Waals surface area contributed by atoms with Crippen molar-refractivity contribution < 1.29 is 4.74 Å². The molecule has 0 amide bonds. The van der Waals surface area contributed by atoms with Gasteiger partial charge in [0.05, 0.1) is 29.8 Å². The maximum Gasteiger partial charge on any atom is 0.101 e. The molecular weight excluding hydrogens is 436 g/mol. The van der Waals surface area contributed by atoms with E-state index in [9.17, 15) is 5.26 Å². The topological polar surface area (TPSA) is 69.4 Å². The number of nitriles is 1. The molecule has 178 valence electrons. The van der Waals surface area contributed by atoms with Gasteiger partial charge in [0.1, 0.15) is 6.07 Å². The predicted molar refractivity (Wildman–Crippen MR) is 140 cm³/mol. The number of rotatable bonds is 4. The van der Waals surface area contributed by atoms with Crippen LogP contribution in [-0.2, 0) is 11.3 Å². The Morgan fingerprint density at radius 2 is 1.91 bits per heavy atom. The largest absolute Gasteiger partial charge is 0.370 e. The lowest BCUT2D eigenvalue weighted by Crippen LogP contribution is -2.48. The molecule has 2 saturated heterocycles. The van der Waals surface area contributed by atoms with E-state index in [2.05, 4.69) is 80.4 Å². The van der Waals surface area contributed by atoms with Gasteiger partial charge in [-0.2, -0.15) is 5.26 Å². The van der Waals surface area contributed by atoms with E-state index in [1.165, 1.54) is 16.5 Å². The van der Waals surface area contributed by atoms with E-state index >= 15 is 0 Å². The molecule has 4 heterocycles. The number of ether oxygens (including phenoxy) is 1. The molecule has 2 aromatic heterocycles. The van der Waals surface area contributed by atoms with Crippen LogP contribution in [0.3, 0.4) is 0 Å². The van der Waals surface area contributed by atoms with E-state index in [4.69, 9.17) is 4.74 Å². The zero-order valence-electron chi connectivity index (χ0n) is 20.0. The highest BCUT2D eigenvalue weighted by atomic mass is 16.5. The number of morpholine rings is 1. The molecule has 2 aromatic carbocycles. The fraction of sp³-hybridized carbons (Fsp3) is 0.357. The average Bonchev–Trinajstić information content (AvgIpc) is 3.29. The second kappa shape index (κ2) is 9.21. The van der Waals surface area contributed by atoms with Crippen molar-refractivity contribution in [2.24, 2.45) is 0 Å². The number of hydrogen-bond donors (Lipinski definition) is 1. The third-order valence-electron chi connectivity index (χ3n) is 7.11. The third-order valence-corrected chi connectivity index (χ3v) is 7.11. The van der Waals surface area contributed by atoms with Gasteiger partial charge in [0.25, 0.3) is 0 Å². The van der Waals surface area contributed by atoms with Crippen LogP contribution in [0.15, 0.2) is 61.1 Å². The number of nitrogens with zero attached hydrogens (tertiary/aromatic N) is 5. The first-order valence-corrected chi connectivity index (χ1v) is 12.4. The number of fused-ring (bicyclic) bond motifs is 2. The average molecular weight is 467 g/mol. The number of nitrogens with one attached hydrogen (secondary N) is 1. The Morgan fingerprint density at radius 3 is 2.77 bits per heavy atom. The van der Waals surface area contributed by atoms with E-state index in [0.717, 1.165) is 62.4 Å². The van der Waals surface area contributed by atoms with Gasteiger partial charge in [-0.1, -0.05) is 6.07 Å². The molecule has 0 unspecified atom stereocenters. The first kappa shape index (κ1) is 21.9. The molecule has 6 rings (SSSR count). The first-order valence-electron chi connectivity index (χ1n) is 12.4. The number of hydrogen-bond acceptors (Lipinski definition) is 6. The second-order valence-corrected chi connectivity index (χ2v) is 9.62. The van der Waals surface area contributed by atoms with Crippen molar-refractivity contribution >= 4 is 33.1 Å². The molecule has 2 fully saturated rings. The van der Waals surface area contributed by atoms with Crippen molar-refractivity contribution in [3.8, 4) is 6.07 Å². The van der Waals surface area contributed by atoms with Crippen molar-refractivity contribution in [1.82, 2.24) is 14.9 Å². The SMILES string of the molecule is C[C@@H]1CN(c2ccc(C#N)c3ncccc23)C[C@H](Cn2cc3ccc(N4CCNCC4)cc3c2)O1. The van der Waals surface area contributed by atoms with Crippen LogP contribution in [0.1, 0.15) is 12.5 Å². The van der Waals surface area contributed by atoms with Crippen molar-refractivity contribution in [1.29, 1.82) is 5.26 Å². The normalized spacial score (nSPS) is 20.9. The summed E-state index contributed by atoms with van der Waals surface area (Å²) < 4.78 is 8.64. The van der Waals surface area contributed by atoms with Gasteiger partial charge < -0.3 is 24.4 Å². The number of piperazine rings is 1. The van der Waals surface area contributed by atoms with Crippen LogP contribution in [0.2, 0.25) is 0 Å². The second-order valence-electron chi connectivity index (χ2n) is 9.62. The minimum Gasteiger partial charge on any atom is -0.370 e. The Hall–Kier alpha value is -3.60. The summed E-state index contributed by atoms with van der Waals surface area (Å²) in [5, 5.41) is 16.5. The Balaban J connectivity index is 1.23. The molecule has 0 saturated carbocycles. The third kappa shape index (κ3) is 4.31. The molecule has 0 spiro atoms. The fourth-order valence-corrected chi connectivity index (χ4v) is 5.51. The highest BCUT2D eigenvalue weighted by Gasteiger charge is 2.27. The molecule has 35 heavy (non-hydrogen) atoms. The zero-order chi connectivity index (χ0) is 23.8. The Morgan fingerprint density at radius 1 is 1.06 bits per heavy atom. The number of benzene rings is 2. The Labute approximate surface area is 205 Å². The van der Waals surface area contributed by atoms with Gasteiger partial charge in [-0.25, -0.2) is 0 Å². The number of aromatic nitrogens is 2. The summed E-state index contributed by atoms with van der Waals surface area (Å²) in [6.07, 6.45) is 6.40. The Bertz CT molecular complexity index is 1400. The maximum atomic E-state index is 9.50. The van der Waals surface area contributed by atoms with E-state index in [0.29, 0.717) is 5.56 Å². The van der Waals surface area contributed by atoms with Crippen molar-refractivity contribution in [3.05, 3.63) is 66.6 Å².